The molecular weight excluding hydrogens is 216 g/mol. The van der Waals surface area contributed by atoms with Crippen LogP contribution in [0.4, 0.5) is 0 Å². The molecule has 0 fully saturated rings. The van der Waals surface area contributed by atoms with Crippen LogP contribution in [0.5, 0.6) is 0 Å². The lowest BCUT2D eigenvalue weighted by atomic mass is 10.0. The Bertz CT molecular complexity index is 224. The van der Waals surface area contributed by atoms with Crippen LogP contribution in [-0.2, 0) is 14.3 Å². The number of carbonyl (C=O) groups excluding carboxylic acids is 1. The lowest BCUT2D eigenvalue weighted by Crippen LogP contribution is -2.14. The molecule has 0 unspecified atom stereocenters. The Morgan fingerprint density at radius 3 is 2.53 bits per heavy atom. The fourth-order valence-corrected chi connectivity index (χ4v) is 1.46. The van der Waals surface area contributed by atoms with Gasteiger partial charge in [-0.3, -0.25) is 0 Å². The number of hydrogen-bond donors (Lipinski definition) is 0. The van der Waals surface area contributed by atoms with E-state index in [9.17, 15) is 4.79 Å². The van der Waals surface area contributed by atoms with E-state index in [1.807, 2.05) is 0 Å². The van der Waals surface area contributed by atoms with Crippen LogP contribution < -0.4 is 0 Å². The molecule has 100 valence electrons. The first-order chi connectivity index (χ1) is 8.11. The Labute approximate surface area is 105 Å². The van der Waals surface area contributed by atoms with Gasteiger partial charge in [0.15, 0.2) is 0 Å². The molecule has 0 amide bonds. The highest BCUT2D eigenvalue weighted by atomic mass is 16.6. The van der Waals surface area contributed by atoms with Crippen molar-refractivity contribution in [2.24, 2.45) is 5.92 Å². The zero-order valence-electron chi connectivity index (χ0n) is 11.5. The van der Waals surface area contributed by atoms with Crippen molar-refractivity contribution in [2.75, 3.05) is 19.8 Å². The number of ether oxygens (including phenoxy) is 2. The van der Waals surface area contributed by atoms with E-state index in [0.717, 1.165) is 13.0 Å². The van der Waals surface area contributed by atoms with Crippen molar-refractivity contribution in [1.82, 2.24) is 0 Å². The number of carbonyl (C=O) groups is 1. The van der Waals surface area contributed by atoms with Crippen LogP contribution in [0.3, 0.4) is 0 Å². The predicted molar refractivity (Wildman–Crippen MR) is 69.9 cm³/mol. The molecule has 0 bridgehead atoms. The topological polar surface area (TPSA) is 35.5 Å². The molecule has 0 aromatic rings. The molecule has 0 N–H and O–H groups in total. The molecule has 0 saturated carbocycles. The maximum absolute atomic E-state index is 11.1. The highest BCUT2D eigenvalue weighted by Crippen LogP contribution is 2.12. The van der Waals surface area contributed by atoms with Gasteiger partial charge in [-0.05, 0) is 19.3 Å². The molecule has 0 aromatic heterocycles. The summed E-state index contributed by atoms with van der Waals surface area (Å²) < 4.78 is 10.4. The van der Waals surface area contributed by atoms with Crippen LogP contribution in [0.15, 0.2) is 12.2 Å². The van der Waals surface area contributed by atoms with Crippen LogP contribution in [0.25, 0.3) is 0 Å². The molecular formula is C14H26O3. The van der Waals surface area contributed by atoms with Gasteiger partial charge >= 0.3 is 5.97 Å². The Balaban J connectivity index is 3.48. The van der Waals surface area contributed by atoms with Crippen molar-refractivity contribution in [3.8, 4) is 0 Å². The molecule has 0 aromatic carbocycles. The van der Waals surface area contributed by atoms with Gasteiger partial charge < -0.3 is 9.47 Å². The third kappa shape index (κ3) is 8.93. The fraction of sp³-hybridized carbons (Fsp3) is 0.786. The van der Waals surface area contributed by atoms with Crippen molar-refractivity contribution >= 4 is 5.97 Å². The summed E-state index contributed by atoms with van der Waals surface area (Å²) in [5.74, 6) is 0.290. The van der Waals surface area contributed by atoms with E-state index in [1.165, 1.54) is 19.3 Å². The SMILES string of the molecule is C=C(C)C(=O)OCCOC[C@H](CC)CCCC. The number of rotatable bonds is 10. The molecule has 0 aliphatic rings. The summed E-state index contributed by atoms with van der Waals surface area (Å²) in [7, 11) is 0. The van der Waals surface area contributed by atoms with Crippen molar-refractivity contribution < 1.29 is 14.3 Å². The van der Waals surface area contributed by atoms with Crippen molar-refractivity contribution in [3.63, 3.8) is 0 Å². The molecule has 0 aliphatic carbocycles. The standard InChI is InChI=1S/C14H26O3/c1-5-7-8-13(6-2)11-16-9-10-17-14(15)12(3)4/h13H,3,5-11H2,1-2,4H3/t13-/m1/s1. The summed E-state index contributed by atoms with van der Waals surface area (Å²) in [6, 6.07) is 0. The van der Waals surface area contributed by atoms with Gasteiger partial charge in [0.1, 0.15) is 6.61 Å². The van der Waals surface area contributed by atoms with Gasteiger partial charge in [-0.2, -0.15) is 0 Å². The van der Waals surface area contributed by atoms with Crippen LogP contribution in [0.1, 0.15) is 46.5 Å². The fourth-order valence-electron chi connectivity index (χ4n) is 1.46. The monoisotopic (exact) mass is 242 g/mol. The van der Waals surface area contributed by atoms with Gasteiger partial charge in [0.05, 0.1) is 6.61 Å². The average Bonchev–Trinajstić information content (AvgIpc) is 2.32. The van der Waals surface area contributed by atoms with Crippen LogP contribution >= 0.6 is 0 Å². The van der Waals surface area contributed by atoms with Gasteiger partial charge in [-0.25, -0.2) is 4.79 Å². The van der Waals surface area contributed by atoms with Crippen LogP contribution in [-0.4, -0.2) is 25.8 Å². The normalized spacial score (nSPS) is 12.2. The highest BCUT2D eigenvalue weighted by molar-refractivity contribution is 5.86. The summed E-state index contributed by atoms with van der Waals surface area (Å²) in [5.41, 5.74) is 0.430. The van der Waals surface area contributed by atoms with Crippen LogP contribution in [0, 0.1) is 5.92 Å². The first-order valence-corrected chi connectivity index (χ1v) is 6.52. The van der Waals surface area contributed by atoms with E-state index < -0.39 is 0 Å². The van der Waals surface area contributed by atoms with E-state index in [2.05, 4.69) is 20.4 Å². The summed E-state index contributed by atoms with van der Waals surface area (Å²) >= 11 is 0. The first-order valence-electron chi connectivity index (χ1n) is 6.52. The van der Waals surface area contributed by atoms with E-state index in [-0.39, 0.29) is 5.97 Å². The van der Waals surface area contributed by atoms with Gasteiger partial charge in [0, 0.05) is 12.2 Å². The zero-order chi connectivity index (χ0) is 13.1. The lowest BCUT2D eigenvalue weighted by molar-refractivity contribution is -0.140. The largest absolute Gasteiger partial charge is 0.460 e. The Kier molecular flexibility index (Phi) is 9.83. The third-order valence-corrected chi connectivity index (χ3v) is 2.71. The maximum atomic E-state index is 11.1. The number of unbranched alkanes of at least 4 members (excludes halogenated alkanes) is 1. The second-order valence-electron chi connectivity index (χ2n) is 4.41. The van der Waals surface area contributed by atoms with Gasteiger partial charge in [0.2, 0.25) is 0 Å². The van der Waals surface area contributed by atoms with Crippen LogP contribution in [0.2, 0.25) is 0 Å². The van der Waals surface area contributed by atoms with Gasteiger partial charge in [-0.1, -0.05) is 39.7 Å². The summed E-state index contributed by atoms with van der Waals surface area (Å²) in [6.45, 7) is 11.1. The first kappa shape index (κ1) is 16.2. The second kappa shape index (κ2) is 10.3. The highest BCUT2D eigenvalue weighted by Gasteiger charge is 2.06. The minimum absolute atomic E-state index is 0.315. The molecule has 0 heterocycles. The van der Waals surface area contributed by atoms with Crippen molar-refractivity contribution in [1.29, 1.82) is 0 Å². The quantitative estimate of drug-likeness (QED) is 0.335. The molecule has 3 heteroatoms. The van der Waals surface area contributed by atoms with Gasteiger partial charge in [-0.15, -0.1) is 0 Å². The smallest absolute Gasteiger partial charge is 0.333 e. The molecule has 0 radical (unpaired) electrons. The second-order valence-corrected chi connectivity index (χ2v) is 4.41. The third-order valence-electron chi connectivity index (χ3n) is 2.71. The van der Waals surface area contributed by atoms with E-state index in [1.54, 1.807) is 6.92 Å². The minimum atomic E-state index is -0.341. The average molecular weight is 242 g/mol. The summed E-state index contributed by atoms with van der Waals surface area (Å²) in [5, 5.41) is 0. The summed E-state index contributed by atoms with van der Waals surface area (Å²) in [4.78, 5) is 11.1. The molecule has 3 nitrogen and oxygen atoms in total. The van der Waals surface area contributed by atoms with E-state index in [4.69, 9.17) is 9.47 Å². The minimum Gasteiger partial charge on any atom is -0.460 e. The Morgan fingerprint density at radius 1 is 1.29 bits per heavy atom. The Hall–Kier alpha value is -0.830. The number of hydrogen-bond acceptors (Lipinski definition) is 3. The molecule has 0 spiro atoms. The van der Waals surface area contributed by atoms with Gasteiger partial charge in [0.25, 0.3) is 0 Å². The molecule has 1 atom stereocenters. The van der Waals surface area contributed by atoms with Crippen molar-refractivity contribution in [2.45, 2.75) is 46.5 Å². The number of esters is 1. The Morgan fingerprint density at radius 2 is 2.00 bits per heavy atom. The lowest BCUT2D eigenvalue weighted by Gasteiger charge is -2.14. The summed E-state index contributed by atoms with van der Waals surface area (Å²) in [6.07, 6.45) is 4.85. The maximum Gasteiger partial charge on any atom is 0.333 e. The van der Waals surface area contributed by atoms with E-state index >= 15 is 0 Å². The molecule has 0 aliphatic heterocycles. The predicted octanol–water partition coefficient (Wildman–Crippen LogP) is 3.34. The van der Waals surface area contributed by atoms with E-state index in [0.29, 0.717) is 24.7 Å². The molecule has 0 saturated heterocycles. The molecule has 17 heavy (non-hydrogen) atoms. The molecule has 0 rings (SSSR count). The zero-order valence-corrected chi connectivity index (χ0v) is 11.5. The van der Waals surface area contributed by atoms with Crippen molar-refractivity contribution in [3.05, 3.63) is 12.2 Å².